The Kier molecular flexibility index (Phi) is 14.0. The van der Waals surface area contributed by atoms with Crippen molar-refractivity contribution in [2.45, 2.75) is 109 Å². The van der Waals surface area contributed by atoms with Gasteiger partial charge in [-0.05, 0) is 97.4 Å². The highest BCUT2D eigenvalue weighted by atomic mass is 35.5. The van der Waals surface area contributed by atoms with Gasteiger partial charge in [-0.3, -0.25) is 18.0 Å². The predicted octanol–water partition coefficient (Wildman–Crippen LogP) is 4.69. The minimum absolute atomic E-state index is 0.0437. The van der Waals surface area contributed by atoms with Crippen LogP contribution in [0, 0.1) is 11.8 Å². The topological polar surface area (TPSA) is 201 Å². The Hall–Kier alpha value is -2.46. The van der Waals surface area contributed by atoms with Crippen LogP contribution in [0.3, 0.4) is 0 Å². The average molecular weight is 776 g/mol. The number of hydrogen-bond donors (Lipinski definition) is 2. The fourth-order valence-corrected chi connectivity index (χ4v) is 13.1. The van der Waals surface area contributed by atoms with E-state index in [-0.39, 0.29) is 42.2 Å². The highest BCUT2D eigenvalue weighted by Gasteiger charge is 2.34. The molecule has 2 aliphatic rings. The number of carbonyl (C=O) groups is 2. The molecule has 0 heterocycles. The zero-order chi connectivity index (χ0) is 37.0. The summed E-state index contributed by atoms with van der Waals surface area (Å²) in [7, 11) is -10.2. The molecule has 1 amide bonds. The number of halogens is 1. The third-order valence-corrected chi connectivity index (χ3v) is 15.9. The first kappa shape index (κ1) is 41.0. The lowest BCUT2D eigenvalue weighted by atomic mass is 10.0. The molecule has 0 bridgehead atoms. The summed E-state index contributed by atoms with van der Waals surface area (Å²) in [4.78, 5) is 27.8. The molecule has 0 radical (unpaired) electrons. The smallest absolute Gasteiger partial charge is 0.280 e. The number of benzene rings is 2. The molecule has 49 heavy (non-hydrogen) atoms. The molecule has 11 nitrogen and oxygen atoms in total. The van der Waals surface area contributed by atoms with E-state index in [1.807, 2.05) is 27.7 Å². The lowest BCUT2D eigenvalue weighted by Crippen LogP contribution is -2.25. The maximum absolute atomic E-state index is 13.1. The van der Waals surface area contributed by atoms with E-state index in [0.29, 0.717) is 34.8 Å². The van der Waals surface area contributed by atoms with Gasteiger partial charge in [-0.25, -0.2) is 16.8 Å². The molecule has 4 rings (SSSR count). The van der Waals surface area contributed by atoms with Gasteiger partial charge in [0.05, 0.1) is 41.2 Å². The summed E-state index contributed by atoms with van der Waals surface area (Å²) < 4.78 is 75.1. The van der Waals surface area contributed by atoms with E-state index in [9.17, 15) is 34.8 Å². The number of amides is 1. The zero-order valence-corrected chi connectivity index (χ0v) is 32.7. The van der Waals surface area contributed by atoms with Gasteiger partial charge in [-0.2, -0.15) is 4.99 Å². The molecule has 2 saturated carbocycles. The second-order valence-electron chi connectivity index (χ2n) is 12.8. The van der Waals surface area contributed by atoms with E-state index in [4.69, 9.17) is 23.1 Å². The number of aliphatic imine (C=N–C) groups is 1. The second-order valence-corrected chi connectivity index (χ2v) is 20.4. The van der Waals surface area contributed by atoms with Gasteiger partial charge in [0, 0.05) is 34.1 Å². The number of guanidine groups is 1. The van der Waals surface area contributed by atoms with Crippen molar-refractivity contribution in [3.05, 3.63) is 46.5 Å². The number of carbonyl (C=O) groups excluding carboxylic acids is 2. The Bertz CT molecular complexity index is 1910. The molecular formula is C33H46ClN3O8S4. The number of rotatable bonds is 10. The van der Waals surface area contributed by atoms with Gasteiger partial charge in [0.15, 0.2) is 25.6 Å². The summed E-state index contributed by atoms with van der Waals surface area (Å²) in [5.41, 5.74) is 12.0. The lowest BCUT2D eigenvalue weighted by Gasteiger charge is -2.19. The molecule has 0 aromatic heterocycles. The van der Waals surface area contributed by atoms with Crippen LogP contribution >= 0.6 is 11.6 Å². The number of nitrogens with two attached hydrogens (primary N) is 2. The molecule has 6 atom stereocenters. The third-order valence-electron chi connectivity index (χ3n) is 9.12. The Morgan fingerprint density at radius 3 is 1.45 bits per heavy atom. The van der Waals surface area contributed by atoms with Gasteiger partial charge in [0.25, 0.3) is 11.1 Å². The molecule has 2 aromatic rings. The Labute approximate surface area is 299 Å². The van der Waals surface area contributed by atoms with Crippen molar-refractivity contribution in [1.82, 2.24) is 0 Å². The molecular weight excluding hydrogens is 730 g/mol. The van der Waals surface area contributed by atoms with Gasteiger partial charge < -0.3 is 11.5 Å². The normalized spacial score (nSPS) is 22.1. The molecule has 0 saturated heterocycles. The van der Waals surface area contributed by atoms with Crippen molar-refractivity contribution in [3.63, 3.8) is 0 Å². The van der Waals surface area contributed by atoms with Gasteiger partial charge in [-0.1, -0.05) is 40.5 Å². The molecule has 4 N–H and O–H groups in total. The van der Waals surface area contributed by atoms with Crippen LogP contribution in [0.15, 0.2) is 48.8 Å². The molecule has 2 aromatic carbocycles. The van der Waals surface area contributed by atoms with Crippen LogP contribution in [0.5, 0.6) is 0 Å². The van der Waals surface area contributed by atoms with E-state index in [0.717, 1.165) is 51.0 Å². The van der Waals surface area contributed by atoms with Crippen molar-refractivity contribution in [2.75, 3.05) is 12.5 Å². The summed E-state index contributed by atoms with van der Waals surface area (Å²) in [5, 5.41) is -0.824. The maximum atomic E-state index is 13.1. The summed E-state index contributed by atoms with van der Waals surface area (Å²) >= 11 is 5.58. The number of nitrogens with zero attached hydrogens (tertiary/aromatic N) is 1. The fraction of sp³-hybridized carbons (Fsp3) is 0.545. The Balaban J connectivity index is 0.000000267. The summed E-state index contributed by atoms with van der Waals surface area (Å²) in [5.74, 6) is -0.553. The van der Waals surface area contributed by atoms with Crippen LogP contribution in [-0.2, 0) is 54.1 Å². The summed E-state index contributed by atoms with van der Waals surface area (Å²) in [6.07, 6.45) is 8.67. The maximum Gasteiger partial charge on any atom is 0.280 e. The molecule has 0 spiro atoms. The predicted molar refractivity (Wildman–Crippen MR) is 195 cm³/mol. The third kappa shape index (κ3) is 9.87. The van der Waals surface area contributed by atoms with Crippen LogP contribution in [0.2, 0.25) is 0 Å². The minimum atomic E-state index is -3.69. The zero-order valence-electron chi connectivity index (χ0n) is 28.7. The molecule has 2 fully saturated rings. The number of aryl methyl sites for hydroxylation is 2. The van der Waals surface area contributed by atoms with Crippen LogP contribution < -0.4 is 11.5 Å². The molecule has 272 valence electrons. The fourth-order valence-electron chi connectivity index (χ4n) is 6.43. The van der Waals surface area contributed by atoms with Crippen molar-refractivity contribution in [1.29, 1.82) is 0 Å². The molecule has 2 aliphatic carbocycles. The number of hydrogen-bond acceptors (Lipinski definition) is 8. The summed E-state index contributed by atoms with van der Waals surface area (Å²) in [6.45, 7) is 7.76. The van der Waals surface area contributed by atoms with Crippen LogP contribution in [-0.4, -0.2) is 65.4 Å². The second kappa shape index (κ2) is 16.7. The van der Waals surface area contributed by atoms with Crippen molar-refractivity contribution in [3.8, 4) is 0 Å². The van der Waals surface area contributed by atoms with Crippen LogP contribution in [0.1, 0.15) is 98.1 Å². The van der Waals surface area contributed by atoms with Crippen LogP contribution in [0.4, 0.5) is 0 Å². The van der Waals surface area contributed by atoms with Crippen molar-refractivity contribution >= 4 is 70.0 Å². The monoisotopic (exact) mass is 775 g/mol. The minimum Gasteiger partial charge on any atom is -0.370 e. The highest BCUT2D eigenvalue weighted by Crippen LogP contribution is 2.37. The first-order valence-corrected chi connectivity index (χ1v) is 22.7. The average Bonchev–Trinajstić information content (AvgIpc) is 3.65. The van der Waals surface area contributed by atoms with Crippen molar-refractivity contribution in [2.24, 2.45) is 28.3 Å². The summed E-state index contributed by atoms with van der Waals surface area (Å²) in [6, 6.07) is 5.70. The molecule has 0 aliphatic heterocycles. The van der Waals surface area contributed by atoms with Gasteiger partial charge in [0.1, 0.15) is 0 Å². The van der Waals surface area contributed by atoms with E-state index in [2.05, 4.69) is 4.99 Å². The first-order valence-electron chi connectivity index (χ1n) is 16.1. The quantitative estimate of drug-likeness (QED) is 0.194. The van der Waals surface area contributed by atoms with E-state index < -0.39 is 58.4 Å². The lowest BCUT2D eigenvalue weighted by molar-refractivity contribution is 0.100. The van der Waals surface area contributed by atoms with Crippen molar-refractivity contribution < 1.29 is 34.8 Å². The van der Waals surface area contributed by atoms with Gasteiger partial charge >= 0.3 is 0 Å². The SMILES string of the molecule is CCc1cc(S(=O)C2CCCC2C)c(S(C)(=O)=O)cc1C(=O)Cl.CCc1cc(S(=O)C2CCCC2C)c(S(C)(=O)=O)cc1C(=O)N=C(N)N. The molecule has 6 unspecified atom stereocenters. The standard InChI is InChI=1S/C17H25N3O4S2.C16H21ClO4S2/c1-4-11-8-14(25(22)13-7-5-6-10(13)2)15(26(3,23)24)9-12(11)16(21)20-17(18)19;1-4-11-8-14(22(19)13-7-5-6-10(13)2)15(23(3,20)21)9-12(11)16(17)18/h8-10,13H,4-7H2,1-3H3,(H4,18,19,20,21);8-10,13H,4-7H2,1-3H3. The Morgan fingerprint density at radius 2 is 1.14 bits per heavy atom. The van der Waals surface area contributed by atoms with E-state index in [1.54, 1.807) is 12.1 Å². The first-order chi connectivity index (χ1) is 22.7. The molecule has 16 heteroatoms. The van der Waals surface area contributed by atoms with E-state index in [1.165, 1.54) is 12.1 Å². The Morgan fingerprint density at radius 1 is 0.755 bits per heavy atom. The highest BCUT2D eigenvalue weighted by molar-refractivity contribution is 7.92. The van der Waals surface area contributed by atoms with Gasteiger partial charge in [0.2, 0.25) is 0 Å². The number of sulfone groups is 2. The van der Waals surface area contributed by atoms with Gasteiger partial charge in [-0.15, -0.1) is 0 Å². The van der Waals surface area contributed by atoms with E-state index >= 15 is 0 Å². The largest absolute Gasteiger partial charge is 0.370 e. The van der Waals surface area contributed by atoms with Crippen LogP contribution in [0.25, 0.3) is 0 Å².